The standard InChI is InChI=1S/C43H60O22/c1-6-19-21-9-29(46)57-14-23-17(3)8-26(31(23)18(4)13-58-39(55)25(21)16-60-40(19)64-42-36(52)34(50)32(48)27(11-44)62-42)61-30(47)10-22-20(7-2)41(59-15-24(22)38(54)56-5)65-43-37(53)35(51)33(49)28(12-45)63-43/h6-7,15-18,21-23,26-28,31-37,40-45,48-53H,8-14H2,1-5H3/t17-,18-,21-,22-,23+,26-,27+,28+,31-,32+,33+,34-,35-,36+,37+,40-,41-,42-,43-/m0/s1. The molecule has 22 nitrogen and oxygen atoms in total. The minimum atomic E-state index is -1.77. The Morgan fingerprint density at radius 3 is 1.88 bits per heavy atom. The number of hydrogen-bond acceptors (Lipinski definition) is 22. The number of ether oxygens (including phenoxy) is 10. The van der Waals surface area contributed by atoms with Gasteiger partial charge in [0.2, 0.25) is 12.6 Å². The van der Waals surface area contributed by atoms with Gasteiger partial charge in [0.25, 0.3) is 0 Å². The van der Waals surface area contributed by atoms with Crippen LogP contribution >= 0.6 is 0 Å². The second-order valence-electron chi connectivity index (χ2n) is 17.1. The maximum absolute atomic E-state index is 14.0. The van der Waals surface area contributed by atoms with Crippen molar-refractivity contribution in [1.82, 2.24) is 0 Å². The van der Waals surface area contributed by atoms with Crippen molar-refractivity contribution in [3.63, 3.8) is 0 Å². The van der Waals surface area contributed by atoms with E-state index < -0.39 is 147 Å². The van der Waals surface area contributed by atoms with E-state index >= 15 is 0 Å². The van der Waals surface area contributed by atoms with Crippen molar-refractivity contribution in [2.75, 3.05) is 33.5 Å². The van der Waals surface area contributed by atoms with Crippen LogP contribution in [0.2, 0.25) is 0 Å². The largest absolute Gasteiger partial charge is 0.468 e. The van der Waals surface area contributed by atoms with Gasteiger partial charge in [-0.25, -0.2) is 9.59 Å². The highest BCUT2D eigenvalue weighted by molar-refractivity contribution is 5.91. The molecular weight excluding hydrogens is 868 g/mol. The lowest BCUT2D eigenvalue weighted by atomic mass is 9.81. The van der Waals surface area contributed by atoms with E-state index in [1.54, 1.807) is 26.8 Å². The van der Waals surface area contributed by atoms with E-state index in [-0.39, 0.29) is 53.8 Å². The first-order chi connectivity index (χ1) is 31.0. The van der Waals surface area contributed by atoms with Crippen LogP contribution in [0.15, 0.2) is 47.0 Å². The van der Waals surface area contributed by atoms with E-state index in [0.717, 1.165) is 19.6 Å². The highest BCUT2D eigenvalue weighted by Gasteiger charge is 2.51. The molecule has 0 unspecified atom stereocenters. The predicted molar refractivity (Wildman–Crippen MR) is 213 cm³/mol. The predicted octanol–water partition coefficient (Wildman–Crippen LogP) is -1.90. The molecule has 0 aromatic rings. The molecule has 5 aliphatic heterocycles. The number of carbonyl (C=O) groups is 4. The maximum atomic E-state index is 14.0. The van der Waals surface area contributed by atoms with Crippen LogP contribution in [0, 0.1) is 35.5 Å². The van der Waals surface area contributed by atoms with Gasteiger partial charge in [0.1, 0.15) is 54.9 Å². The van der Waals surface area contributed by atoms with Crippen LogP contribution in [0.4, 0.5) is 0 Å². The van der Waals surface area contributed by atoms with Crippen molar-refractivity contribution in [3.8, 4) is 0 Å². The number of fused-ring (bicyclic) bond motifs is 2. The van der Waals surface area contributed by atoms with Gasteiger partial charge in [-0.15, -0.1) is 0 Å². The smallest absolute Gasteiger partial charge is 0.337 e. The molecule has 0 bridgehead atoms. The highest BCUT2D eigenvalue weighted by Crippen LogP contribution is 2.45. The van der Waals surface area contributed by atoms with Crippen molar-refractivity contribution < 1.29 is 107 Å². The lowest BCUT2D eigenvalue weighted by molar-refractivity contribution is -0.327. The Bertz CT molecular complexity index is 1840. The summed E-state index contributed by atoms with van der Waals surface area (Å²) < 4.78 is 56.9. The number of carbonyl (C=O) groups excluding carboxylic acids is 4. The van der Waals surface area contributed by atoms with Crippen LogP contribution in [0.1, 0.15) is 47.0 Å². The minimum absolute atomic E-state index is 0.0460. The minimum Gasteiger partial charge on any atom is -0.468 e. The van der Waals surface area contributed by atoms with Gasteiger partial charge in [0.15, 0.2) is 12.6 Å². The van der Waals surface area contributed by atoms with Crippen LogP contribution in [0.5, 0.6) is 0 Å². The van der Waals surface area contributed by atoms with E-state index in [2.05, 4.69) is 0 Å². The monoisotopic (exact) mass is 928 g/mol. The van der Waals surface area contributed by atoms with E-state index in [0.29, 0.717) is 6.42 Å². The summed E-state index contributed by atoms with van der Waals surface area (Å²) in [6, 6.07) is 0. The normalized spacial score (nSPS) is 42.6. The van der Waals surface area contributed by atoms with Crippen LogP contribution < -0.4 is 0 Å². The molecule has 0 aromatic heterocycles. The average Bonchev–Trinajstić information content (AvgIpc) is 3.60. The van der Waals surface area contributed by atoms with E-state index in [4.69, 9.17) is 47.4 Å². The van der Waals surface area contributed by atoms with Crippen LogP contribution in [-0.2, 0) is 66.5 Å². The number of esters is 4. The Hall–Kier alpha value is -4.04. The molecule has 5 heterocycles. The van der Waals surface area contributed by atoms with Gasteiger partial charge in [-0.1, -0.05) is 26.0 Å². The number of methoxy groups -OCH3 is 1. The van der Waals surface area contributed by atoms with Gasteiger partial charge >= 0.3 is 23.9 Å². The third-order valence-corrected chi connectivity index (χ3v) is 13.1. The van der Waals surface area contributed by atoms with Gasteiger partial charge in [-0.2, -0.15) is 0 Å². The molecule has 65 heavy (non-hydrogen) atoms. The third-order valence-electron chi connectivity index (χ3n) is 13.1. The summed E-state index contributed by atoms with van der Waals surface area (Å²) in [5.41, 5.74) is 0.384. The van der Waals surface area contributed by atoms with Gasteiger partial charge in [-0.3, -0.25) is 9.59 Å². The fraction of sp³-hybridized carbons (Fsp3) is 0.721. The average molecular weight is 929 g/mol. The van der Waals surface area contributed by atoms with Crippen molar-refractivity contribution in [1.29, 1.82) is 0 Å². The fourth-order valence-electron chi connectivity index (χ4n) is 9.48. The number of cyclic esters (lactones) is 2. The van der Waals surface area contributed by atoms with Crippen LogP contribution in [0.25, 0.3) is 0 Å². The van der Waals surface area contributed by atoms with E-state index in [1.165, 1.54) is 6.08 Å². The molecule has 6 rings (SSSR count). The first-order valence-corrected chi connectivity index (χ1v) is 21.5. The number of rotatable bonds is 10. The highest BCUT2D eigenvalue weighted by atomic mass is 16.8. The molecule has 0 radical (unpaired) electrons. The molecular formula is C43H60O22. The SMILES string of the molecule is CC=C1[C@H](O[C@@H]2O[C@H](CO)[C@@H](O)[C@H](O)[C@H]2O)OC=C(C(=O)OC)[C@H]1CC(=O)O[C@H]1C[C@H](C)[C@H]2COC(=O)C[C@@H]3C(=CO[C@@H](O[C@@H]4O[C@H](CO)[C@@H](O)[C@H](O)[C@H]4O)C3=CC)C(=O)OC[C@H](C)[C@@H]21. The molecule has 19 atom stereocenters. The Labute approximate surface area is 373 Å². The number of aliphatic hydroxyl groups excluding tert-OH is 8. The Morgan fingerprint density at radius 1 is 0.754 bits per heavy atom. The molecule has 22 heteroatoms. The summed E-state index contributed by atoms with van der Waals surface area (Å²) in [5, 5.41) is 81.5. The number of allylic oxidation sites excluding steroid dienone is 2. The fourth-order valence-corrected chi connectivity index (χ4v) is 9.48. The van der Waals surface area contributed by atoms with E-state index in [9.17, 15) is 60.0 Å². The van der Waals surface area contributed by atoms with Crippen molar-refractivity contribution in [3.05, 3.63) is 47.0 Å². The maximum Gasteiger partial charge on any atom is 0.337 e. The first kappa shape index (κ1) is 50.4. The molecule has 8 N–H and O–H groups in total. The molecule has 6 aliphatic rings. The summed E-state index contributed by atoms with van der Waals surface area (Å²) in [7, 11) is 1.14. The zero-order valence-corrected chi connectivity index (χ0v) is 36.5. The lowest BCUT2D eigenvalue weighted by Crippen LogP contribution is -2.60. The topological polar surface area (TPSA) is 322 Å². The lowest BCUT2D eigenvalue weighted by Gasteiger charge is -2.42. The number of aliphatic hydroxyl groups is 8. The van der Waals surface area contributed by atoms with Crippen molar-refractivity contribution in [2.24, 2.45) is 35.5 Å². The van der Waals surface area contributed by atoms with Gasteiger partial charge < -0.3 is 88.2 Å². The van der Waals surface area contributed by atoms with Crippen LogP contribution in [-0.4, -0.2) is 178 Å². The zero-order valence-electron chi connectivity index (χ0n) is 36.5. The third kappa shape index (κ3) is 10.6. The van der Waals surface area contributed by atoms with Gasteiger partial charge in [0.05, 0.1) is 70.0 Å². The molecule has 1 saturated carbocycles. The molecule has 3 saturated heterocycles. The summed E-state index contributed by atoms with van der Waals surface area (Å²) in [5.74, 6) is -6.59. The first-order valence-electron chi connectivity index (χ1n) is 21.5. The van der Waals surface area contributed by atoms with E-state index in [1.807, 2.05) is 6.92 Å². The Balaban J connectivity index is 1.16. The second-order valence-corrected chi connectivity index (χ2v) is 17.1. The molecule has 4 fully saturated rings. The van der Waals surface area contributed by atoms with Crippen molar-refractivity contribution >= 4 is 23.9 Å². The summed E-state index contributed by atoms with van der Waals surface area (Å²) in [6.45, 7) is 5.28. The molecule has 1 aliphatic carbocycles. The van der Waals surface area contributed by atoms with Gasteiger partial charge in [-0.05, 0) is 32.1 Å². The zero-order chi connectivity index (χ0) is 47.4. The molecule has 364 valence electrons. The molecule has 0 aromatic carbocycles. The Morgan fingerprint density at radius 2 is 1.32 bits per heavy atom. The molecule has 0 amide bonds. The van der Waals surface area contributed by atoms with Crippen molar-refractivity contribution in [2.45, 2.75) is 127 Å². The van der Waals surface area contributed by atoms with Crippen LogP contribution in [0.3, 0.4) is 0 Å². The summed E-state index contributed by atoms with van der Waals surface area (Å²) >= 11 is 0. The quantitative estimate of drug-likeness (QED) is 0.0674. The summed E-state index contributed by atoms with van der Waals surface area (Å²) in [4.78, 5) is 54.3. The molecule has 0 spiro atoms. The Kier molecular flexibility index (Phi) is 16.8. The number of hydrogen-bond donors (Lipinski definition) is 8. The second kappa shape index (κ2) is 21.7. The van der Waals surface area contributed by atoms with Gasteiger partial charge in [0, 0.05) is 34.8 Å². The summed E-state index contributed by atoms with van der Waals surface area (Å²) in [6.07, 6.45) is -14.8.